The summed E-state index contributed by atoms with van der Waals surface area (Å²) in [7, 11) is 0. The van der Waals surface area contributed by atoms with E-state index in [9.17, 15) is 9.59 Å². The minimum Gasteiger partial charge on any atom is -0.481 e. The van der Waals surface area contributed by atoms with Crippen molar-refractivity contribution < 1.29 is 14.7 Å². The van der Waals surface area contributed by atoms with Crippen LogP contribution in [0.1, 0.15) is 52.9 Å². The Balaban J connectivity index is 2.40. The maximum absolute atomic E-state index is 11.9. The van der Waals surface area contributed by atoms with E-state index in [1.54, 1.807) is 0 Å². The lowest BCUT2D eigenvalue weighted by atomic mass is 9.99. The highest BCUT2D eigenvalue weighted by molar-refractivity contribution is 5.76. The first-order chi connectivity index (χ1) is 8.90. The van der Waals surface area contributed by atoms with Crippen LogP contribution in [0.4, 0.5) is 4.79 Å². The van der Waals surface area contributed by atoms with E-state index in [4.69, 9.17) is 5.11 Å². The van der Waals surface area contributed by atoms with Gasteiger partial charge in [0, 0.05) is 12.1 Å². The van der Waals surface area contributed by atoms with E-state index in [2.05, 4.69) is 10.6 Å². The van der Waals surface area contributed by atoms with Crippen molar-refractivity contribution in [3.63, 3.8) is 0 Å². The molecule has 0 aromatic carbocycles. The Morgan fingerprint density at radius 2 is 1.74 bits per heavy atom. The van der Waals surface area contributed by atoms with Gasteiger partial charge in [0.2, 0.25) is 0 Å². The number of carboxylic acids is 1. The highest BCUT2D eigenvalue weighted by atomic mass is 16.4. The average molecular weight is 270 g/mol. The Morgan fingerprint density at radius 1 is 1.16 bits per heavy atom. The summed E-state index contributed by atoms with van der Waals surface area (Å²) in [5.41, 5.74) is 0. The summed E-state index contributed by atoms with van der Waals surface area (Å²) in [6.45, 7) is 5.85. The van der Waals surface area contributed by atoms with Crippen LogP contribution in [0.25, 0.3) is 0 Å². The van der Waals surface area contributed by atoms with Crippen molar-refractivity contribution in [2.45, 2.75) is 65.0 Å². The van der Waals surface area contributed by atoms with Crippen LogP contribution in [0.3, 0.4) is 0 Å². The summed E-state index contributed by atoms with van der Waals surface area (Å²) in [4.78, 5) is 22.6. The monoisotopic (exact) mass is 270 g/mol. The van der Waals surface area contributed by atoms with Gasteiger partial charge in [0.05, 0.1) is 6.42 Å². The van der Waals surface area contributed by atoms with Crippen LogP contribution in [0.15, 0.2) is 0 Å². The molecule has 5 nitrogen and oxygen atoms in total. The molecule has 0 saturated heterocycles. The molecule has 0 aliphatic heterocycles. The Hall–Kier alpha value is -1.26. The zero-order valence-electron chi connectivity index (χ0n) is 12.1. The molecule has 2 amide bonds. The van der Waals surface area contributed by atoms with Crippen LogP contribution in [0, 0.1) is 11.8 Å². The second-order valence-electron chi connectivity index (χ2n) is 5.90. The van der Waals surface area contributed by atoms with E-state index in [1.807, 2.05) is 20.8 Å². The van der Waals surface area contributed by atoms with E-state index >= 15 is 0 Å². The standard InChI is InChI=1S/C14H26N2O3/c1-9(2)12(8-13(17)18)16-14(19)15-10(3)11-6-4-5-7-11/h9-12H,4-8H2,1-3H3,(H,17,18)(H2,15,16,19). The Morgan fingerprint density at radius 3 is 2.21 bits per heavy atom. The van der Waals surface area contributed by atoms with Crippen LogP contribution in [0.2, 0.25) is 0 Å². The van der Waals surface area contributed by atoms with Crippen molar-refractivity contribution in [3.8, 4) is 0 Å². The van der Waals surface area contributed by atoms with Crippen molar-refractivity contribution in [1.82, 2.24) is 10.6 Å². The third-order valence-corrected chi connectivity index (χ3v) is 3.98. The summed E-state index contributed by atoms with van der Waals surface area (Å²) in [6, 6.07) is -0.423. The van der Waals surface area contributed by atoms with Gasteiger partial charge in [0.1, 0.15) is 0 Å². The van der Waals surface area contributed by atoms with Crippen LogP contribution in [-0.4, -0.2) is 29.2 Å². The molecule has 5 heteroatoms. The lowest BCUT2D eigenvalue weighted by Crippen LogP contribution is -2.49. The molecule has 0 radical (unpaired) electrons. The fourth-order valence-electron chi connectivity index (χ4n) is 2.63. The van der Waals surface area contributed by atoms with Crippen LogP contribution >= 0.6 is 0 Å². The summed E-state index contributed by atoms with van der Waals surface area (Å²) >= 11 is 0. The first-order valence-electron chi connectivity index (χ1n) is 7.19. The molecule has 1 rings (SSSR count). The fourth-order valence-corrected chi connectivity index (χ4v) is 2.63. The molecule has 0 heterocycles. The lowest BCUT2D eigenvalue weighted by Gasteiger charge is -2.25. The smallest absolute Gasteiger partial charge is 0.315 e. The van der Waals surface area contributed by atoms with Gasteiger partial charge >= 0.3 is 12.0 Å². The van der Waals surface area contributed by atoms with E-state index in [1.165, 1.54) is 25.7 Å². The Labute approximate surface area is 115 Å². The lowest BCUT2D eigenvalue weighted by molar-refractivity contribution is -0.137. The van der Waals surface area contributed by atoms with E-state index < -0.39 is 5.97 Å². The molecule has 2 unspecified atom stereocenters. The zero-order valence-corrected chi connectivity index (χ0v) is 12.1. The van der Waals surface area contributed by atoms with Gasteiger partial charge in [-0.1, -0.05) is 26.7 Å². The normalized spacial score (nSPS) is 19.2. The highest BCUT2D eigenvalue weighted by Crippen LogP contribution is 2.27. The number of amides is 2. The molecule has 0 spiro atoms. The van der Waals surface area contributed by atoms with E-state index in [0.717, 1.165) is 0 Å². The van der Waals surface area contributed by atoms with Gasteiger partial charge in [0.25, 0.3) is 0 Å². The molecule has 0 bridgehead atoms. The molecule has 1 saturated carbocycles. The van der Waals surface area contributed by atoms with Crippen molar-refractivity contribution in [2.24, 2.45) is 11.8 Å². The molecule has 110 valence electrons. The van der Waals surface area contributed by atoms with Crippen molar-refractivity contribution in [3.05, 3.63) is 0 Å². The summed E-state index contributed by atoms with van der Waals surface area (Å²) in [5, 5.41) is 14.5. The fraction of sp³-hybridized carbons (Fsp3) is 0.857. The van der Waals surface area contributed by atoms with Crippen LogP contribution < -0.4 is 10.6 Å². The molecule has 3 N–H and O–H groups in total. The number of urea groups is 1. The van der Waals surface area contributed by atoms with Crippen molar-refractivity contribution in [2.75, 3.05) is 0 Å². The largest absolute Gasteiger partial charge is 0.481 e. The second-order valence-corrected chi connectivity index (χ2v) is 5.90. The summed E-state index contributed by atoms with van der Waals surface area (Å²) in [5.74, 6) is -0.228. The quantitative estimate of drug-likeness (QED) is 0.693. The van der Waals surface area contributed by atoms with E-state index in [0.29, 0.717) is 5.92 Å². The number of aliphatic carboxylic acids is 1. The number of carboxylic acid groups (broad SMARTS) is 1. The predicted molar refractivity (Wildman–Crippen MR) is 74.0 cm³/mol. The molecule has 19 heavy (non-hydrogen) atoms. The molecule has 1 fully saturated rings. The number of rotatable bonds is 6. The van der Waals surface area contributed by atoms with Crippen LogP contribution in [-0.2, 0) is 4.79 Å². The molecule has 1 aliphatic carbocycles. The maximum Gasteiger partial charge on any atom is 0.315 e. The number of hydrogen-bond acceptors (Lipinski definition) is 2. The molecule has 1 aliphatic rings. The van der Waals surface area contributed by atoms with Gasteiger partial charge in [-0.15, -0.1) is 0 Å². The topological polar surface area (TPSA) is 78.4 Å². The molecule has 0 aromatic heterocycles. The van der Waals surface area contributed by atoms with Gasteiger partial charge in [-0.2, -0.15) is 0 Å². The number of hydrogen-bond donors (Lipinski definition) is 3. The summed E-state index contributed by atoms with van der Waals surface area (Å²) in [6.07, 6.45) is 4.79. The predicted octanol–water partition coefficient (Wildman–Crippen LogP) is 2.36. The van der Waals surface area contributed by atoms with Gasteiger partial charge in [-0.05, 0) is 31.6 Å². The maximum atomic E-state index is 11.9. The molecular weight excluding hydrogens is 244 g/mol. The van der Waals surface area contributed by atoms with Crippen molar-refractivity contribution >= 4 is 12.0 Å². The summed E-state index contributed by atoms with van der Waals surface area (Å²) < 4.78 is 0. The highest BCUT2D eigenvalue weighted by Gasteiger charge is 2.24. The van der Waals surface area contributed by atoms with Gasteiger partial charge in [-0.3, -0.25) is 4.79 Å². The molecule has 0 aromatic rings. The third-order valence-electron chi connectivity index (χ3n) is 3.98. The zero-order chi connectivity index (χ0) is 14.4. The second kappa shape index (κ2) is 7.36. The molecular formula is C14H26N2O3. The number of nitrogens with one attached hydrogen (secondary N) is 2. The number of carbonyl (C=O) groups is 2. The Kier molecular flexibility index (Phi) is 6.12. The molecule has 2 atom stereocenters. The first-order valence-corrected chi connectivity index (χ1v) is 7.19. The number of carbonyl (C=O) groups excluding carboxylic acids is 1. The first kappa shape index (κ1) is 15.8. The van der Waals surface area contributed by atoms with Gasteiger partial charge in [0.15, 0.2) is 0 Å². The van der Waals surface area contributed by atoms with Gasteiger partial charge in [-0.25, -0.2) is 4.79 Å². The van der Waals surface area contributed by atoms with E-state index in [-0.39, 0.29) is 30.5 Å². The van der Waals surface area contributed by atoms with Gasteiger partial charge < -0.3 is 15.7 Å². The van der Waals surface area contributed by atoms with Crippen molar-refractivity contribution in [1.29, 1.82) is 0 Å². The third kappa shape index (κ3) is 5.49. The SMILES string of the molecule is CC(C)C(CC(=O)O)NC(=O)NC(C)C1CCCC1. The Bertz CT molecular complexity index is 312. The van der Waals surface area contributed by atoms with Crippen LogP contribution in [0.5, 0.6) is 0 Å². The minimum absolute atomic E-state index is 0.0388. The average Bonchev–Trinajstić information content (AvgIpc) is 2.80. The minimum atomic E-state index is -0.886.